The maximum Gasteiger partial charge on any atom is 0.244 e. The van der Waals surface area contributed by atoms with Crippen LogP contribution in [0.3, 0.4) is 0 Å². The fraction of sp³-hybridized carbons (Fsp3) is 0.353. The second-order valence-corrected chi connectivity index (χ2v) is 8.13. The second-order valence-electron chi connectivity index (χ2n) is 6.42. The molecule has 0 saturated heterocycles. The molecule has 9 heteroatoms. The molecule has 0 bridgehead atoms. The summed E-state index contributed by atoms with van der Waals surface area (Å²) in [5, 5.41) is 8.49. The van der Waals surface area contributed by atoms with E-state index in [2.05, 4.69) is 19.9 Å². The molecule has 1 N–H and O–H groups in total. The number of rotatable bonds is 5. The molecule has 1 atom stereocenters. The van der Waals surface area contributed by atoms with Crippen molar-refractivity contribution < 1.29 is 8.42 Å². The van der Waals surface area contributed by atoms with Crippen molar-refractivity contribution in [2.24, 2.45) is 0 Å². The number of hydrogen-bond donors (Lipinski definition) is 1. The Morgan fingerprint density at radius 2 is 2.08 bits per heavy atom. The van der Waals surface area contributed by atoms with E-state index in [4.69, 9.17) is 0 Å². The summed E-state index contributed by atoms with van der Waals surface area (Å²) in [6.45, 7) is 3.10. The summed E-state index contributed by atoms with van der Waals surface area (Å²) in [6.07, 6.45) is 4.49. The quantitative estimate of drug-likeness (QED) is 0.735. The first-order valence-electron chi connectivity index (χ1n) is 8.51. The second kappa shape index (κ2) is 6.65. The number of aromatic nitrogens is 5. The van der Waals surface area contributed by atoms with Gasteiger partial charge in [-0.2, -0.15) is 10.2 Å². The van der Waals surface area contributed by atoms with Gasteiger partial charge in [-0.3, -0.25) is 4.68 Å². The van der Waals surface area contributed by atoms with Gasteiger partial charge in [-0.15, -0.1) is 0 Å². The highest BCUT2D eigenvalue weighted by Gasteiger charge is 2.29. The molecular formula is C17H20N6O2S. The lowest BCUT2D eigenvalue weighted by Gasteiger charge is -2.22. The van der Waals surface area contributed by atoms with Gasteiger partial charge in [-0.1, -0.05) is 30.3 Å². The smallest absolute Gasteiger partial charge is 0.244 e. The Morgan fingerprint density at radius 3 is 2.88 bits per heavy atom. The molecule has 0 fully saturated rings. The molecule has 0 aliphatic carbocycles. The summed E-state index contributed by atoms with van der Waals surface area (Å²) in [5.74, 6) is 1.33. The molecule has 3 heterocycles. The average molecular weight is 372 g/mol. The van der Waals surface area contributed by atoms with Crippen LogP contribution in [0.1, 0.15) is 36.1 Å². The van der Waals surface area contributed by atoms with Gasteiger partial charge in [0.25, 0.3) is 0 Å². The molecule has 0 amide bonds. The number of aryl methyl sites for hydroxylation is 2. The number of benzene rings is 1. The lowest BCUT2D eigenvalue weighted by atomic mass is 10.1. The molecule has 1 aromatic carbocycles. The average Bonchev–Trinajstić information content (AvgIpc) is 3.22. The molecule has 0 saturated carbocycles. The first kappa shape index (κ1) is 16.9. The third kappa shape index (κ3) is 3.40. The van der Waals surface area contributed by atoms with Crippen molar-refractivity contribution in [1.82, 2.24) is 29.3 Å². The van der Waals surface area contributed by atoms with Gasteiger partial charge in [0.1, 0.15) is 16.5 Å². The van der Waals surface area contributed by atoms with E-state index < -0.39 is 10.0 Å². The minimum atomic E-state index is -3.68. The van der Waals surface area contributed by atoms with Crippen molar-refractivity contribution in [3.8, 4) is 0 Å². The number of sulfonamides is 1. The summed E-state index contributed by atoms with van der Waals surface area (Å²) < 4.78 is 31.7. The fourth-order valence-electron chi connectivity index (χ4n) is 3.18. The molecule has 1 aliphatic rings. The Labute approximate surface area is 151 Å². The highest BCUT2D eigenvalue weighted by atomic mass is 32.2. The molecule has 3 aromatic rings. The Balaban J connectivity index is 1.53. The van der Waals surface area contributed by atoms with E-state index >= 15 is 0 Å². The van der Waals surface area contributed by atoms with Gasteiger partial charge < -0.3 is 0 Å². The third-order valence-corrected chi connectivity index (χ3v) is 5.81. The van der Waals surface area contributed by atoms with E-state index in [1.807, 2.05) is 37.3 Å². The summed E-state index contributed by atoms with van der Waals surface area (Å²) in [5.41, 5.74) is 1.06. The van der Waals surface area contributed by atoms with E-state index in [-0.39, 0.29) is 10.9 Å². The number of nitrogens with one attached hydrogen (secondary N) is 1. The van der Waals surface area contributed by atoms with Gasteiger partial charge in [-0.25, -0.2) is 22.8 Å². The fourth-order valence-corrected chi connectivity index (χ4v) is 4.36. The highest BCUT2D eigenvalue weighted by molar-refractivity contribution is 7.89. The SMILES string of the molecule is Cc1nc2n(n1)CCCC2NS(=O)(=O)c1cnn(Cc2ccccc2)c1. The largest absolute Gasteiger partial charge is 0.267 e. The van der Waals surface area contributed by atoms with Gasteiger partial charge >= 0.3 is 0 Å². The van der Waals surface area contributed by atoms with Crippen LogP contribution in [-0.2, 0) is 23.1 Å². The Morgan fingerprint density at radius 1 is 1.27 bits per heavy atom. The minimum Gasteiger partial charge on any atom is -0.267 e. The van der Waals surface area contributed by atoms with Crippen LogP contribution < -0.4 is 4.72 Å². The summed E-state index contributed by atoms with van der Waals surface area (Å²) >= 11 is 0. The molecule has 1 aliphatic heterocycles. The molecular weight excluding hydrogens is 352 g/mol. The molecule has 26 heavy (non-hydrogen) atoms. The predicted molar refractivity (Wildman–Crippen MR) is 94.8 cm³/mol. The number of nitrogens with zero attached hydrogens (tertiary/aromatic N) is 5. The zero-order valence-electron chi connectivity index (χ0n) is 14.4. The van der Waals surface area contributed by atoms with Crippen molar-refractivity contribution >= 4 is 10.0 Å². The van der Waals surface area contributed by atoms with Gasteiger partial charge in [0.05, 0.1) is 18.8 Å². The first-order valence-corrected chi connectivity index (χ1v) is 10.00. The zero-order valence-corrected chi connectivity index (χ0v) is 15.2. The van der Waals surface area contributed by atoms with E-state index in [0.717, 1.165) is 18.5 Å². The first-order chi connectivity index (χ1) is 12.5. The monoisotopic (exact) mass is 372 g/mol. The lowest BCUT2D eigenvalue weighted by Crippen LogP contribution is -2.33. The number of fused-ring (bicyclic) bond motifs is 1. The molecule has 2 aromatic heterocycles. The summed E-state index contributed by atoms with van der Waals surface area (Å²) in [4.78, 5) is 4.53. The maximum absolute atomic E-state index is 12.8. The minimum absolute atomic E-state index is 0.154. The number of hydrogen-bond acceptors (Lipinski definition) is 5. The van der Waals surface area contributed by atoms with E-state index in [1.165, 1.54) is 6.20 Å². The standard InChI is InChI=1S/C17H20N6O2S/c1-13-19-17-16(8-5-9-23(17)20-13)21-26(24,25)15-10-18-22(12-15)11-14-6-3-2-4-7-14/h2-4,6-7,10,12,16,21H,5,8-9,11H2,1H3. The molecule has 8 nitrogen and oxygen atoms in total. The van der Waals surface area contributed by atoms with Crippen LogP contribution in [0.15, 0.2) is 47.6 Å². The third-order valence-electron chi connectivity index (χ3n) is 4.39. The van der Waals surface area contributed by atoms with Crippen molar-refractivity contribution in [3.05, 3.63) is 59.9 Å². The van der Waals surface area contributed by atoms with Crippen molar-refractivity contribution in [1.29, 1.82) is 0 Å². The van der Waals surface area contributed by atoms with Crippen LogP contribution in [-0.4, -0.2) is 33.0 Å². The van der Waals surface area contributed by atoms with E-state index in [9.17, 15) is 8.42 Å². The van der Waals surface area contributed by atoms with Crippen LogP contribution in [0.4, 0.5) is 0 Å². The van der Waals surface area contributed by atoms with E-state index in [1.54, 1.807) is 15.6 Å². The molecule has 0 spiro atoms. The summed E-state index contributed by atoms with van der Waals surface area (Å²) in [7, 11) is -3.68. The van der Waals surface area contributed by atoms with Crippen LogP contribution in [0.2, 0.25) is 0 Å². The van der Waals surface area contributed by atoms with Crippen molar-refractivity contribution in [2.45, 2.75) is 43.8 Å². The molecule has 4 rings (SSSR count). The molecule has 136 valence electrons. The normalized spacial score (nSPS) is 17.2. The van der Waals surface area contributed by atoms with Crippen LogP contribution in [0.5, 0.6) is 0 Å². The van der Waals surface area contributed by atoms with E-state index in [0.29, 0.717) is 24.6 Å². The molecule has 1 unspecified atom stereocenters. The van der Waals surface area contributed by atoms with Gasteiger partial charge in [0.2, 0.25) is 10.0 Å². The summed E-state index contributed by atoms with van der Waals surface area (Å²) in [6, 6.07) is 9.42. The van der Waals surface area contributed by atoms with Crippen LogP contribution in [0.25, 0.3) is 0 Å². The Bertz CT molecular complexity index is 1010. The van der Waals surface area contributed by atoms with Gasteiger partial charge in [-0.05, 0) is 25.3 Å². The predicted octanol–water partition coefficient (Wildman–Crippen LogP) is 1.64. The van der Waals surface area contributed by atoms with Crippen molar-refractivity contribution in [3.63, 3.8) is 0 Å². The van der Waals surface area contributed by atoms with Crippen molar-refractivity contribution in [2.75, 3.05) is 0 Å². The topological polar surface area (TPSA) is 94.7 Å². The highest BCUT2D eigenvalue weighted by Crippen LogP contribution is 2.25. The van der Waals surface area contributed by atoms with Crippen LogP contribution >= 0.6 is 0 Å². The Kier molecular flexibility index (Phi) is 4.33. The lowest BCUT2D eigenvalue weighted by molar-refractivity contribution is 0.399. The van der Waals surface area contributed by atoms with Gasteiger partial charge in [0, 0.05) is 12.7 Å². The van der Waals surface area contributed by atoms with Gasteiger partial charge in [0.15, 0.2) is 0 Å². The molecule has 0 radical (unpaired) electrons. The Hall–Kier alpha value is -2.52. The maximum atomic E-state index is 12.8. The van der Waals surface area contributed by atoms with Crippen LogP contribution in [0, 0.1) is 6.92 Å². The zero-order chi connectivity index (χ0) is 18.1.